The van der Waals surface area contributed by atoms with Crippen molar-refractivity contribution in [3.05, 3.63) is 59.2 Å². The van der Waals surface area contributed by atoms with Crippen molar-refractivity contribution in [3.63, 3.8) is 0 Å². The molecule has 0 N–H and O–H groups in total. The molecule has 0 amide bonds. The summed E-state index contributed by atoms with van der Waals surface area (Å²) in [5, 5.41) is 8.60. The number of aromatic nitrogens is 2. The number of pyridine rings is 2. The van der Waals surface area contributed by atoms with E-state index in [4.69, 9.17) is 5.26 Å². The normalized spacial score (nSPS) is 14.1. The average molecular weight is 340 g/mol. The van der Waals surface area contributed by atoms with Crippen molar-refractivity contribution < 1.29 is 0 Å². The topological polar surface area (TPSA) is 74.3 Å². The zero-order chi connectivity index (χ0) is 14.7. The number of hydrogen-bond donors (Lipinski definition) is 0. The van der Waals surface area contributed by atoms with Gasteiger partial charge in [0.15, 0.2) is 0 Å². The number of halogens is 1. The van der Waals surface area contributed by atoms with Crippen LogP contribution in [-0.4, -0.2) is 20.3 Å². The van der Waals surface area contributed by atoms with Gasteiger partial charge >= 0.3 is 0 Å². The predicted octanol–water partition coefficient (Wildman–Crippen LogP) is 2.64. The van der Waals surface area contributed by atoms with Crippen LogP contribution in [0.15, 0.2) is 46.6 Å². The molecule has 0 aromatic carbocycles. The van der Waals surface area contributed by atoms with Gasteiger partial charge in [-0.15, -0.1) is 0 Å². The Bertz CT molecular complexity index is 789. The molecule has 0 saturated heterocycles. The van der Waals surface area contributed by atoms with Crippen molar-refractivity contribution in [1.82, 2.24) is 9.97 Å². The number of rotatable bonds is 0. The molecular weight excluding hydrogens is 330 g/mol. The molecule has 4 rings (SSSR count). The SMILES string of the molecule is BrC1=NCc2ncccc21.N#CC1=NCc2ncccc21. The molecule has 2 aliphatic rings. The lowest BCUT2D eigenvalue weighted by Gasteiger charge is -1.92. The minimum atomic E-state index is 0.508. The Labute approximate surface area is 130 Å². The summed E-state index contributed by atoms with van der Waals surface area (Å²) in [7, 11) is 0. The Morgan fingerprint density at radius 1 is 0.952 bits per heavy atom. The van der Waals surface area contributed by atoms with Crippen LogP contribution < -0.4 is 0 Å². The van der Waals surface area contributed by atoms with Crippen molar-refractivity contribution >= 4 is 26.3 Å². The lowest BCUT2D eigenvalue weighted by atomic mass is 10.1. The molecule has 4 heterocycles. The molecule has 0 aliphatic carbocycles. The monoisotopic (exact) mass is 339 g/mol. The third-order valence-corrected chi connectivity index (χ3v) is 3.80. The van der Waals surface area contributed by atoms with Gasteiger partial charge in [-0.3, -0.25) is 20.0 Å². The summed E-state index contributed by atoms with van der Waals surface area (Å²) in [6.45, 7) is 1.27. The fourth-order valence-electron chi connectivity index (χ4n) is 2.10. The quantitative estimate of drug-likeness (QED) is 0.740. The van der Waals surface area contributed by atoms with Crippen LogP contribution in [0.3, 0.4) is 0 Å². The van der Waals surface area contributed by atoms with Crippen LogP contribution in [0.5, 0.6) is 0 Å². The molecule has 2 aliphatic heterocycles. The predicted molar refractivity (Wildman–Crippen MR) is 83.5 cm³/mol. The van der Waals surface area contributed by atoms with Gasteiger partial charge in [0.1, 0.15) is 16.4 Å². The van der Waals surface area contributed by atoms with Crippen LogP contribution >= 0.6 is 15.9 Å². The number of aliphatic imine (C=N–C) groups is 2. The Balaban J connectivity index is 0.000000126. The lowest BCUT2D eigenvalue weighted by molar-refractivity contribution is 1.02. The first kappa shape index (κ1) is 13.6. The summed E-state index contributed by atoms with van der Waals surface area (Å²) >= 11 is 3.35. The zero-order valence-corrected chi connectivity index (χ0v) is 12.6. The van der Waals surface area contributed by atoms with E-state index >= 15 is 0 Å². The minimum absolute atomic E-state index is 0.508. The summed E-state index contributed by atoms with van der Waals surface area (Å²) in [6, 6.07) is 9.65. The largest absolute Gasteiger partial charge is 0.271 e. The molecule has 0 spiro atoms. The fourth-order valence-corrected chi connectivity index (χ4v) is 2.58. The van der Waals surface area contributed by atoms with Crippen LogP contribution in [0.4, 0.5) is 0 Å². The summed E-state index contributed by atoms with van der Waals surface area (Å²) in [5.41, 5.74) is 4.49. The molecule has 0 unspecified atom stereocenters. The van der Waals surface area contributed by atoms with Gasteiger partial charge in [-0.1, -0.05) is 0 Å². The summed E-state index contributed by atoms with van der Waals surface area (Å²) in [6.07, 6.45) is 3.51. The van der Waals surface area contributed by atoms with Crippen LogP contribution in [0, 0.1) is 11.3 Å². The highest BCUT2D eigenvalue weighted by Gasteiger charge is 2.14. The maximum absolute atomic E-state index is 8.60. The Morgan fingerprint density at radius 2 is 1.57 bits per heavy atom. The van der Waals surface area contributed by atoms with E-state index in [-0.39, 0.29) is 0 Å². The van der Waals surface area contributed by atoms with E-state index in [1.807, 2.05) is 30.3 Å². The van der Waals surface area contributed by atoms with E-state index in [0.29, 0.717) is 12.3 Å². The Hall–Kier alpha value is -2.39. The van der Waals surface area contributed by atoms with Crippen molar-refractivity contribution in [2.75, 3.05) is 0 Å². The van der Waals surface area contributed by atoms with Crippen molar-refractivity contribution in [2.24, 2.45) is 9.98 Å². The number of fused-ring (bicyclic) bond motifs is 2. The van der Waals surface area contributed by atoms with Gasteiger partial charge in [-0.05, 0) is 40.2 Å². The number of nitrogens with zero attached hydrogens (tertiary/aromatic N) is 5. The van der Waals surface area contributed by atoms with Crippen molar-refractivity contribution in [3.8, 4) is 6.07 Å². The molecule has 0 atom stereocenters. The van der Waals surface area contributed by atoms with Crippen LogP contribution in [0.2, 0.25) is 0 Å². The van der Waals surface area contributed by atoms with E-state index in [1.54, 1.807) is 12.4 Å². The third-order valence-electron chi connectivity index (χ3n) is 3.12. The smallest absolute Gasteiger partial charge is 0.144 e. The van der Waals surface area contributed by atoms with Gasteiger partial charge in [-0.25, -0.2) is 0 Å². The van der Waals surface area contributed by atoms with Crippen molar-refractivity contribution in [2.45, 2.75) is 13.1 Å². The van der Waals surface area contributed by atoms with Gasteiger partial charge in [0.05, 0.1) is 24.5 Å². The Kier molecular flexibility index (Phi) is 3.84. The molecule has 0 saturated carbocycles. The van der Waals surface area contributed by atoms with Crippen LogP contribution in [0.25, 0.3) is 0 Å². The van der Waals surface area contributed by atoms with Gasteiger partial charge in [0.2, 0.25) is 0 Å². The standard InChI is InChI=1S/C8H5N3.C7H5BrN2/c9-4-7-6-2-1-3-10-8(6)5-11-7;8-7-5-2-1-3-9-6(5)4-10-7/h1-3H,5H2;1-3H,4H2. The van der Waals surface area contributed by atoms with E-state index in [1.165, 1.54) is 0 Å². The molecule has 5 nitrogen and oxygen atoms in total. The van der Waals surface area contributed by atoms with E-state index in [0.717, 1.165) is 33.7 Å². The third kappa shape index (κ3) is 2.73. The van der Waals surface area contributed by atoms with Gasteiger partial charge in [0, 0.05) is 23.5 Å². The maximum atomic E-state index is 8.60. The number of hydrogen-bond acceptors (Lipinski definition) is 5. The minimum Gasteiger partial charge on any atom is -0.271 e. The first-order valence-corrected chi connectivity index (χ1v) is 7.12. The highest BCUT2D eigenvalue weighted by atomic mass is 79.9. The van der Waals surface area contributed by atoms with E-state index in [9.17, 15) is 0 Å². The van der Waals surface area contributed by atoms with Crippen LogP contribution in [-0.2, 0) is 13.1 Å². The summed E-state index contributed by atoms with van der Waals surface area (Å²) in [5.74, 6) is 0. The van der Waals surface area contributed by atoms with Crippen LogP contribution in [0.1, 0.15) is 22.5 Å². The second-order valence-corrected chi connectivity index (χ2v) is 5.13. The molecule has 2 aromatic rings. The summed E-state index contributed by atoms with van der Waals surface area (Å²) < 4.78 is 0.926. The molecule has 0 fully saturated rings. The lowest BCUT2D eigenvalue weighted by Crippen LogP contribution is -1.94. The molecule has 6 heteroatoms. The zero-order valence-electron chi connectivity index (χ0n) is 11.0. The highest BCUT2D eigenvalue weighted by molar-refractivity contribution is 9.18. The van der Waals surface area contributed by atoms with Crippen molar-refractivity contribution in [1.29, 1.82) is 5.26 Å². The average Bonchev–Trinajstić information content (AvgIpc) is 3.12. The molecule has 0 radical (unpaired) electrons. The summed E-state index contributed by atoms with van der Waals surface area (Å²) in [4.78, 5) is 16.4. The molecular formula is C15H10BrN5. The van der Waals surface area contributed by atoms with E-state index < -0.39 is 0 Å². The van der Waals surface area contributed by atoms with Gasteiger partial charge in [-0.2, -0.15) is 5.26 Å². The molecule has 21 heavy (non-hydrogen) atoms. The second kappa shape index (κ2) is 5.94. The van der Waals surface area contributed by atoms with Gasteiger partial charge < -0.3 is 0 Å². The molecule has 102 valence electrons. The first-order chi connectivity index (χ1) is 10.3. The highest BCUT2D eigenvalue weighted by Crippen LogP contribution is 2.18. The van der Waals surface area contributed by atoms with Gasteiger partial charge in [0.25, 0.3) is 0 Å². The number of nitriles is 1. The molecule has 2 aromatic heterocycles. The second-order valence-electron chi connectivity index (χ2n) is 4.38. The Morgan fingerprint density at radius 3 is 2.24 bits per heavy atom. The maximum Gasteiger partial charge on any atom is 0.144 e. The van der Waals surface area contributed by atoms with E-state index in [2.05, 4.69) is 35.9 Å². The fraction of sp³-hybridized carbons (Fsp3) is 0.133. The first-order valence-electron chi connectivity index (χ1n) is 6.32. The molecule has 0 bridgehead atoms.